The summed E-state index contributed by atoms with van der Waals surface area (Å²) >= 11 is 5.09. The van der Waals surface area contributed by atoms with Crippen molar-refractivity contribution in [1.29, 1.82) is 0 Å². The Morgan fingerprint density at radius 1 is 1.14 bits per heavy atom. The number of thiophene rings is 1. The summed E-state index contributed by atoms with van der Waals surface area (Å²) < 4.78 is 28.3. The second-order valence-electron chi connectivity index (χ2n) is 7.08. The molecule has 0 aliphatic carbocycles. The highest BCUT2D eigenvalue weighted by molar-refractivity contribution is 9.09. The number of nitrogens with zero attached hydrogens (tertiary/aromatic N) is 2. The number of fused-ring (bicyclic) bond motifs is 3. The van der Waals surface area contributed by atoms with E-state index in [4.69, 9.17) is 0 Å². The molecule has 5 rings (SSSR count). The first-order valence-corrected chi connectivity index (χ1v) is 12.4. The summed E-state index contributed by atoms with van der Waals surface area (Å²) in [6.07, 6.45) is 2.65. The fourth-order valence-corrected chi connectivity index (χ4v) is 6.86. The van der Waals surface area contributed by atoms with Crippen LogP contribution in [0.3, 0.4) is 0 Å². The molecule has 2 aromatic heterocycles. The normalized spacial score (nSPS) is 18.0. The van der Waals surface area contributed by atoms with Crippen molar-refractivity contribution < 1.29 is 13.5 Å². The highest BCUT2D eigenvalue weighted by Gasteiger charge is 2.31. The van der Waals surface area contributed by atoms with Crippen molar-refractivity contribution in [3.8, 4) is 16.9 Å². The minimum Gasteiger partial charge on any atom is -0.507 e. The summed E-state index contributed by atoms with van der Waals surface area (Å²) in [5, 5.41) is 14.5. The maximum Gasteiger partial charge on any atom is 0.243 e. The van der Waals surface area contributed by atoms with Gasteiger partial charge in [-0.1, -0.05) is 28.1 Å². The van der Waals surface area contributed by atoms with Crippen molar-refractivity contribution in [2.45, 2.75) is 16.1 Å². The molecule has 1 saturated heterocycles. The summed E-state index contributed by atoms with van der Waals surface area (Å²) in [6, 6.07) is 12.2. The summed E-state index contributed by atoms with van der Waals surface area (Å²) in [5.41, 5.74) is 2.22. The molecule has 4 aromatic rings. The molecule has 8 heteroatoms. The van der Waals surface area contributed by atoms with E-state index in [1.165, 1.54) is 4.31 Å². The molecule has 0 bridgehead atoms. The standard InChI is InChI=1S/C21H17BrN2O3S2/c22-14-7-9-24(12-14)29(26,27)15-3-1-13(2-4-15)20-18(25)6-5-17-21(20)16-8-10-28-19(16)11-23-17/h1-6,8,10-11,14,25H,7,9,12H2. The number of aromatic hydroxyl groups is 1. The first-order chi connectivity index (χ1) is 13.9. The van der Waals surface area contributed by atoms with Gasteiger partial charge in [0.25, 0.3) is 0 Å². The average Bonchev–Trinajstić information content (AvgIpc) is 3.37. The zero-order chi connectivity index (χ0) is 20.2. The number of hydrogen-bond acceptors (Lipinski definition) is 5. The van der Waals surface area contributed by atoms with Crippen LogP contribution >= 0.6 is 27.3 Å². The average molecular weight is 489 g/mol. The molecule has 1 aliphatic rings. The molecular formula is C21H17BrN2O3S2. The number of hydrogen-bond donors (Lipinski definition) is 1. The highest BCUT2D eigenvalue weighted by Crippen LogP contribution is 2.40. The summed E-state index contributed by atoms with van der Waals surface area (Å²) in [7, 11) is -3.52. The Bertz CT molecular complexity index is 1330. The molecule has 2 aromatic carbocycles. The van der Waals surface area contributed by atoms with Crippen molar-refractivity contribution in [3.63, 3.8) is 0 Å². The molecule has 0 saturated carbocycles. The zero-order valence-corrected chi connectivity index (χ0v) is 18.5. The summed E-state index contributed by atoms with van der Waals surface area (Å²) in [6.45, 7) is 1.00. The second-order valence-corrected chi connectivity index (χ2v) is 11.3. The highest BCUT2D eigenvalue weighted by atomic mass is 79.9. The molecular weight excluding hydrogens is 472 g/mol. The van der Waals surface area contributed by atoms with Crippen molar-refractivity contribution >= 4 is 58.3 Å². The van der Waals surface area contributed by atoms with Crippen molar-refractivity contribution in [2.24, 2.45) is 0 Å². The number of rotatable bonds is 3. The Kier molecular flexibility index (Phi) is 4.62. The second kappa shape index (κ2) is 7.05. The van der Waals surface area contributed by atoms with E-state index in [-0.39, 0.29) is 15.5 Å². The fourth-order valence-electron chi connectivity index (χ4n) is 3.86. The lowest BCUT2D eigenvalue weighted by atomic mass is 9.97. The van der Waals surface area contributed by atoms with Gasteiger partial charge in [-0.05, 0) is 47.7 Å². The van der Waals surface area contributed by atoms with Gasteiger partial charge in [0.2, 0.25) is 10.0 Å². The van der Waals surface area contributed by atoms with Crippen LogP contribution < -0.4 is 0 Å². The third-order valence-corrected chi connectivity index (χ3v) is 8.80. The third-order valence-electron chi connectivity index (χ3n) is 5.32. The predicted octanol–water partition coefficient (Wildman–Crippen LogP) is 4.98. The predicted molar refractivity (Wildman–Crippen MR) is 120 cm³/mol. The van der Waals surface area contributed by atoms with Gasteiger partial charge in [-0.2, -0.15) is 4.31 Å². The van der Waals surface area contributed by atoms with E-state index in [1.54, 1.807) is 47.7 Å². The molecule has 148 valence electrons. The Balaban J connectivity index is 1.63. The summed E-state index contributed by atoms with van der Waals surface area (Å²) in [4.78, 5) is 4.98. The Hall–Kier alpha value is -2.00. The van der Waals surface area contributed by atoms with Gasteiger partial charge in [0.15, 0.2) is 0 Å². The molecule has 1 unspecified atom stereocenters. The van der Waals surface area contributed by atoms with Crippen molar-refractivity contribution in [2.75, 3.05) is 13.1 Å². The van der Waals surface area contributed by atoms with Crippen LogP contribution in [-0.4, -0.2) is 40.7 Å². The van der Waals surface area contributed by atoms with Gasteiger partial charge in [0.05, 0.1) is 15.1 Å². The van der Waals surface area contributed by atoms with Crippen molar-refractivity contribution in [1.82, 2.24) is 9.29 Å². The molecule has 1 fully saturated rings. The van der Waals surface area contributed by atoms with Gasteiger partial charge >= 0.3 is 0 Å². The molecule has 0 radical (unpaired) electrons. The maximum atomic E-state index is 12.9. The minimum atomic E-state index is -3.52. The number of benzene rings is 2. The monoisotopic (exact) mass is 488 g/mol. The first kappa shape index (κ1) is 19.0. The topological polar surface area (TPSA) is 70.5 Å². The van der Waals surface area contributed by atoms with Crippen LogP contribution in [0, 0.1) is 0 Å². The molecule has 1 N–H and O–H groups in total. The molecule has 0 spiro atoms. The van der Waals surface area contributed by atoms with E-state index in [0.717, 1.165) is 33.0 Å². The van der Waals surface area contributed by atoms with Crippen LogP contribution in [0.4, 0.5) is 0 Å². The van der Waals surface area contributed by atoms with Crippen LogP contribution in [-0.2, 0) is 10.0 Å². The van der Waals surface area contributed by atoms with E-state index in [9.17, 15) is 13.5 Å². The minimum absolute atomic E-state index is 0.148. The molecule has 3 heterocycles. The number of pyridine rings is 1. The largest absolute Gasteiger partial charge is 0.507 e. The van der Waals surface area contributed by atoms with Gasteiger partial charge in [-0.25, -0.2) is 8.42 Å². The van der Waals surface area contributed by atoms with E-state index in [2.05, 4.69) is 20.9 Å². The van der Waals surface area contributed by atoms with Crippen LogP contribution in [0.1, 0.15) is 6.42 Å². The third kappa shape index (κ3) is 3.15. The Morgan fingerprint density at radius 3 is 2.66 bits per heavy atom. The lowest BCUT2D eigenvalue weighted by Gasteiger charge is -2.16. The lowest BCUT2D eigenvalue weighted by Crippen LogP contribution is -2.28. The van der Waals surface area contributed by atoms with Crippen LogP contribution in [0.2, 0.25) is 0 Å². The number of alkyl halides is 1. The molecule has 1 aliphatic heterocycles. The Morgan fingerprint density at radius 2 is 1.93 bits per heavy atom. The quantitative estimate of drug-likeness (QED) is 0.412. The SMILES string of the molecule is O=S(=O)(c1ccc(-c2c(O)ccc3ncc4sccc4c23)cc1)N1CCC(Br)C1. The lowest BCUT2D eigenvalue weighted by molar-refractivity contribution is 0.478. The van der Waals surface area contributed by atoms with Crippen LogP contribution in [0.25, 0.3) is 32.1 Å². The van der Waals surface area contributed by atoms with Gasteiger partial charge in [0, 0.05) is 40.4 Å². The van der Waals surface area contributed by atoms with E-state index >= 15 is 0 Å². The first-order valence-electron chi connectivity index (χ1n) is 9.18. The number of sulfonamides is 1. The van der Waals surface area contributed by atoms with E-state index in [0.29, 0.717) is 18.7 Å². The van der Waals surface area contributed by atoms with Gasteiger partial charge in [0.1, 0.15) is 5.75 Å². The van der Waals surface area contributed by atoms with Crippen LogP contribution in [0.5, 0.6) is 5.75 Å². The number of halogens is 1. The maximum absolute atomic E-state index is 12.9. The molecule has 5 nitrogen and oxygen atoms in total. The van der Waals surface area contributed by atoms with E-state index in [1.807, 2.05) is 17.6 Å². The number of aromatic nitrogens is 1. The van der Waals surface area contributed by atoms with Crippen LogP contribution in [0.15, 0.2) is 58.9 Å². The molecule has 1 atom stereocenters. The van der Waals surface area contributed by atoms with Crippen molar-refractivity contribution in [3.05, 3.63) is 54.0 Å². The number of phenolic OH excluding ortho intramolecular Hbond substituents is 1. The number of phenols is 1. The molecule has 29 heavy (non-hydrogen) atoms. The van der Waals surface area contributed by atoms with Gasteiger partial charge in [-0.15, -0.1) is 11.3 Å². The smallest absolute Gasteiger partial charge is 0.243 e. The van der Waals surface area contributed by atoms with E-state index < -0.39 is 10.0 Å². The zero-order valence-electron chi connectivity index (χ0n) is 15.2. The Labute approximate surface area is 180 Å². The molecule has 0 amide bonds. The fraction of sp³-hybridized carbons (Fsp3) is 0.190. The van der Waals surface area contributed by atoms with Gasteiger partial charge in [-0.3, -0.25) is 4.98 Å². The summed E-state index contributed by atoms with van der Waals surface area (Å²) in [5.74, 6) is 0.148. The van der Waals surface area contributed by atoms with Gasteiger partial charge < -0.3 is 5.11 Å².